The van der Waals surface area contributed by atoms with Crippen LogP contribution in [0.15, 0.2) is 59.7 Å². The highest BCUT2D eigenvalue weighted by Gasteiger charge is 2.13. The largest absolute Gasteiger partial charge is 0.294 e. The first-order valence-electron chi connectivity index (χ1n) is 6.25. The molecule has 0 fully saturated rings. The van der Waals surface area contributed by atoms with Crippen molar-refractivity contribution in [3.8, 4) is 11.3 Å². The fraction of sp³-hybridized carbons (Fsp3) is 0.0625. The van der Waals surface area contributed by atoms with Crippen LogP contribution in [0.4, 0.5) is 0 Å². The van der Waals surface area contributed by atoms with Gasteiger partial charge in [0.2, 0.25) is 0 Å². The fourth-order valence-electron chi connectivity index (χ4n) is 2.24. The van der Waals surface area contributed by atoms with Crippen molar-refractivity contribution in [3.05, 3.63) is 70.8 Å². The van der Waals surface area contributed by atoms with E-state index < -0.39 is 0 Å². The van der Waals surface area contributed by atoms with Gasteiger partial charge < -0.3 is 0 Å². The highest BCUT2D eigenvalue weighted by molar-refractivity contribution is 6.01. The first-order valence-corrected chi connectivity index (χ1v) is 6.25. The third-order valence-electron chi connectivity index (χ3n) is 3.19. The van der Waals surface area contributed by atoms with E-state index in [0.717, 1.165) is 0 Å². The summed E-state index contributed by atoms with van der Waals surface area (Å²) in [5.41, 5.74) is 1.96. The maximum atomic E-state index is 12.5. The number of ketones is 1. The van der Waals surface area contributed by atoms with E-state index in [1.165, 1.54) is 11.3 Å². The fourth-order valence-corrected chi connectivity index (χ4v) is 2.24. The van der Waals surface area contributed by atoms with Crippen LogP contribution >= 0.6 is 0 Å². The highest BCUT2D eigenvalue weighted by atomic mass is 16.1. The first kappa shape index (κ1) is 12.3. The predicted octanol–water partition coefficient (Wildman–Crippen LogP) is 2.56. The van der Waals surface area contributed by atoms with E-state index in [1.54, 1.807) is 42.7 Å². The lowest BCUT2D eigenvalue weighted by Crippen LogP contribution is -2.18. The third kappa shape index (κ3) is 1.91. The standard InChI is InChI=1S/C16H12N2O2/c1-11(19)12-10-13(14-6-2-4-8-17-14)16(20)18-9-5-3-7-15(12)18/h2-10H,1H3. The smallest absolute Gasteiger partial charge is 0.264 e. The lowest BCUT2D eigenvalue weighted by molar-refractivity contribution is 0.101. The molecule has 0 aliphatic rings. The van der Waals surface area contributed by atoms with Gasteiger partial charge in [-0.15, -0.1) is 0 Å². The summed E-state index contributed by atoms with van der Waals surface area (Å²) in [6, 6.07) is 12.3. The summed E-state index contributed by atoms with van der Waals surface area (Å²) in [4.78, 5) is 28.5. The molecule has 0 aliphatic carbocycles. The van der Waals surface area contributed by atoms with Crippen molar-refractivity contribution in [2.75, 3.05) is 0 Å². The van der Waals surface area contributed by atoms with Crippen LogP contribution in [0.5, 0.6) is 0 Å². The molecule has 0 saturated heterocycles. The average Bonchev–Trinajstić information content (AvgIpc) is 2.48. The lowest BCUT2D eigenvalue weighted by Gasteiger charge is -2.08. The highest BCUT2D eigenvalue weighted by Crippen LogP contribution is 2.18. The molecule has 3 aromatic rings. The Morgan fingerprint density at radius 2 is 1.95 bits per heavy atom. The van der Waals surface area contributed by atoms with Crippen molar-refractivity contribution in [1.82, 2.24) is 9.38 Å². The van der Waals surface area contributed by atoms with Gasteiger partial charge in [0.05, 0.1) is 16.8 Å². The van der Waals surface area contributed by atoms with Gasteiger partial charge in [0, 0.05) is 18.0 Å². The summed E-state index contributed by atoms with van der Waals surface area (Å²) in [5, 5.41) is 0. The molecular weight excluding hydrogens is 252 g/mol. The van der Waals surface area contributed by atoms with E-state index in [2.05, 4.69) is 4.98 Å². The van der Waals surface area contributed by atoms with Gasteiger partial charge in [-0.25, -0.2) is 0 Å². The molecule has 98 valence electrons. The number of fused-ring (bicyclic) bond motifs is 1. The molecule has 0 radical (unpaired) electrons. The Kier molecular flexibility index (Phi) is 2.91. The van der Waals surface area contributed by atoms with Crippen LogP contribution < -0.4 is 5.56 Å². The van der Waals surface area contributed by atoms with Crippen LogP contribution in [0, 0.1) is 0 Å². The first-order chi connectivity index (χ1) is 9.68. The molecule has 0 atom stereocenters. The molecule has 0 amide bonds. The van der Waals surface area contributed by atoms with Crippen molar-refractivity contribution in [2.45, 2.75) is 6.92 Å². The van der Waals surface area contributed by atoms with Crippen molar-refractivity contribution in [2.24, 2.45) is 0 Å². The Morgan fingerprint density at radius 1 is 1.15 bits per heavy atom. The second kappa shape index (κ2) is 4.74. The summed E-state index contributed by atoms with van der Waals surface area (Å²) < 4.78 is 1.49. The molecule has 3 heterocycles. The molecule has 0 N–H and O–H groups in total. The second-order valence-electron chi connectivity index (χ2n) is 4.50. The Balaban J connectivity index is 2.43. The molecule has 0 bridgehead atoms. The van der Waals surface area contributed by atoms with Gasteiger partial charge in [-0.3, -0.25) is 19.0 Å². The van der Waals surface area contributed by atoms with Gasteiger partial charge in [0.1, 0.15) is 0 Å². The minimum absolute atomic E-state index is 0.0779. The average molecular weight is 264 g/mol. The summed E-state index contributed by atoms with van der Waals surface area (Å²) in [6.45, 7) is 1.50. The van der Waals surface area contributed by atoms with Crippen molar-refractivity contribution < 1.29 is 4.79 Å². The molecule has 4 nitrogen and oxygen atoms in total. The second-order valence-corrected chi connectivity index (χ2v) is 4.50. The van der Waals surface area contributed by atoms with Crippen LogP contribution in [0.3, 0.4) is 0 Å². The summed E-state index contributed by atoms with van der Waals surface area (Å²) in [7, 11) is 0. The summed E-state index contributed by atoms with van der Waals surface area (Å²) >= 11 is 0. The number of pyridine rings is 3. The topological polar surface area (TPSA) is 51.4 Å². The minimum Gasteiger partial charge on any atom is -0.294 e. The molecule has 3 rings (SSSR count). The molecule has 0 unspecified atom stereocenters. The molecule has 0 aliphatic heterocycles. The van der Waals surface area contributed by atoms with Crippen LogP contribution in [-0.4, -0.2) is 15.2 Å². The van der Waals surface area contributed by atoms with Gasteiger partial charge in [0.15, 0.2) is 5.78 Å². The van der Waals surface area contributed by atoms with Gasteiger partial charge in [0.25, 0.3) is 5.56 Å². The zero-order chi connectivity index (χ0) is 14.1. The summed E-state index contributed by atoms with van der Waals surface area (Å²) in [6.07, 6.45) is 3.29. The summed E-state index contributed by atoms with van der Waals surface area (Å²) in [5.74, 6) is -0.0779. The van der Waals surface area contributed by atoms with Crippen molar-refractivity contribution >= 4 is 11.3 Å². The molecule has 4 heteroatoms. The van der Waals surface area contributed by atoms with E-state index >= 15 is 0 Å². The number of hydrogen-bond donors (Lipinski definition) is 0. The molecule has 20 heavy (non-hydrogen) atoms. The van der Waals surface area contributed by atoms with E-state index in [0.29, 0.717) is 22.3 Å². The van der Waals surface area contributed by atoms with Gasteiger partial charge in [-0.2, -0.15) is 0 Å². The van der Waals surface area contributed by atoms with Crippen LogP contribution in [0.2, 0.25) is 0 Å². The number of rotatable bonds is 2. The van der Waals surface area contributed by atoms with Gasteiger partial charge in [-0.05, 0) is 37.3 Å². The number of hydrogen-bond acceptors (Lipinski definition) is 3. The third-order valence-corrected chi connectivity index (χ3v) is 3.19. The normalized spacial score (nSPS) is 10.7. The molecule has 0 spiro atoms. The van der Waals surface area contributed by atoms with Crippen molar-refractivity contribution in [1.29, 1.82) is 0 Å². The molecule has 3 aromatic heterocycles. The van der Waals surface area contributed by atoms with Crippen LogP contribution in [0.1, 0.15) is 17.3 Å². The molecule has 0 saturated carbocycles. The van der Waals surface area contributed by atoms with Crippen molar-refractivity contribution in [3.63, 3.8) is 0 Å². The lowest BCUT2D eigenvalue weighted by atomic mass is 10.1. The Hall–Kier alpha value is -2.75. The van der Waals surface area contributed by atoms with Gasteiger partial charge >= 0.3 is 0 Å². The molecule has 0 aromatic carbocycles. The number of carbonyl (C=O) groups excluding carboxylic acids is 1. The number of nitrogens with zero attached hydrogens (tertiary/aromatic N) is 2. The maximum absolute atomic E-state index is 12.5. The zero-order valence-corrected chi connectivity index (χ0v) is 10.9. The van der Waals surface area contributed by atoms with E-state index in [-0.39, 0.29) is 11.3 Å². The zero-order valence-electron chi connectivity index (χ0n) is 10.9. The van der Waals surface area contributed by atoms with Crippen LogP contribution in [-0.2, 0) is 0 Å². The Morgan fingerprint density at radius 3 is 2.65 bits per heavy atom. The number of Topliss-reactive ketones (excluding diaryl/α,β-unsaturated/α-hetero) is 1. The quantitative estimate of drug-likeness (QED) is 0.668. The predicted molar refractivity (Wildman–Crippen MR) is 76.9 cm³/mol. The van der Waals surface area contributed by atoms with E-state index in [4.69, 9.17) is 0 Å². The van der Waals surface area contributed by atoms with E-state index in [1.807, 2.05) is 12.1 Å². The number of aromatic nitrogens is 2. The monoisotopic (exact) mass is 264 g/mol. The minimum atomic E-state index is -0.177. The van der Waals surface area contributed by atoms with Gasteiger partial charge in [-0.1, -0.05) is 12.1 Å². The Bertz CT molecular complexity index is 851. The maximum Gasteiger partial charge on any atom is 0.264 e. The van der Waals surface area contributed by atoms with E-state index in [9.17, 15) is 9.59 Å². The SMILES string of the molecule is CC(=O)c1cc(-c2ccccn2)c(=O)n2ccccc12. The molecular formula is C16H12N2O2. The van der Waals surface area contributed by atoms with Crippen LogP contribution in [0.25, 0.3) is 16.8 Å². The number of carbonyl (C=O) groups is 1. The Labute approximate surface area is 115 Å².